The molecule has 3 N–H and O–H groups in total. The van der Waals surface area contributed by atoms with Crippen LogP contribution >= 0.6 is 0 Å². The number of carbonyl (C=O) groups excluding carboxylic acids is 1. The third-order valence-corrected chi connectivity index (χ3v) is 4.42. The SMILES string of the molecule is CC(CN)C(=O)NC1CCS(=O)(=O)CC1. The summed E-state index contributed by atoms with van der Waals surface area (Å²) in [5.41, 5.74) is 5.36. The molecule has 0 spiro atoms. The third kappa shape index (κ3) is 3.79. The Hall–Kier alpha value is -0.620. The lowest BCUT2D eigenvalue weighted by Gasteiger charge is -2.24. The Bertz CT molecular complexity index is 312. The van der Waals surface area contributed by atoms with Crippen LogP contribution in [-0.2, 0) is 14.6 Å². The van der Waals surface area contributed by atoms with Gasteiger partial charge in [0.2, 0.25) is 5.91 Å². The van der Waals surface area contributed by atoms with Gasteiger partial charge in [0.25, 0.3) is 0 Å². The Morgan fingerprint density at radius 1 is 1.47 bits per heavy atom. The second-order valence-corrected chi connectivity index (χ2v) is 6.38. The number of nitrogens with one attached hydrogen (secondary N) is 1. The van der Waals surface area contributed by atoms with E-state index in [1.165, 1.54) is 0 Å². The minimum atomic E-state index is -2.85. The quantitative estimate of drug-likeness (QED) is 0.674. The van der Waals surface area contributed by atoms with Gasteiger partial charge in [0.1, 0.15) is 9.84 Å². The Morgan fingerprint density at radius 2 is 2.00 bits per heavy atom. The first-order chi connectivity index (χ1) is 6.94. The topological polar surface area (TPSA) is 89.3 Å². The summed E-state index contributed by atoms with van der Waals surface area (Å²) in [6, 6.07) is -0.00461. The van der Waals surface area contributed by atoms with E-state index in [-0.39, 0.29) is 29.4 Å². The third-order valence-electron chi connectivity index (χ3n) is 2.70. The van der Waals surface area contributed by atoms with Crippen LogP contribution in [0.5, 0.6) is 0 Å². The Kier molecular flexibility index (Phi) is 4.10. The molecule has 0 aromatic heterocycles. The van der Waals surface area contributed by atoms with Gasteiger partial charge in [-0.05, 0) is 12.8 Å². The minimum absolute atomic E-state index is 0.00461. The molecule has 0 aromatic rings. The molecule has 0 radical (unpaired) electrons. The van der Waals surface area contributed by atoms with Crippen molar-refractivity contribution < 1.29 is 13.2 Å². The molecule has 1 saturated heterocycles. The summed E-state index contributed by atoms with van der Waals surface area (Å²) in [6.07, 6.45) is 1.04. The lowest BCUT2D eigenvalue weighted by atomic mass is 10.1. The number of hydrogen-bond donors (Lipinski definition) is 2. The molecule has 88 valence electrons. The van der Waals surface area contributed by atoms with Crippen molar-refractivity contribution in [2.75, 3.05) is 18.1 Å². The number of amides is 1. The lowest BCUT2D eigenvalue weighted by Crippen LogP contribution is -2.44. The summed E-state index contributed by atoms with van der Waals surface area (Å²) in [5, 5.41) is 2.82. The number of rotatable bonds is 3. The van der Waals surface area contributed by atoms with Crippen LogP contribution in [0, 0.1) is 5.92 Å². The summed E-state index contributed by atoms with van der Waals surface area (Å²) in [5.74, 6) is 0.0644. The molecule has 15 heavy (non-hydrogen) atoms. The fourth-order valence-corrected chi connectivity index (χ4v) is 2.98. The maximum absolute atomic E-state index is 11.5. The fraction of sp³-hybridized carbons (Fsp3) is 0.889. The highest BCUT2D eigenvalue weighted by molar-refractivity contribution is 7.91. The van der Waals surface area contributed by atoms with E-state index in [1.54, 1.807) is 6.92 Å². The zero-order chi connectivity index (χ0) is 11.5. The number of nitrogens with two attached hydrogens (primary N) is 1. The molecule has 0 aliphatic carbocycles. The lowest BCUT2D eigenvalue weighted by molar-refractivity contribution is -0.125. The van der Waals surface area contributed by atoms with Gasteiger partial charge in [-0.15, -0.1) is 0 Å². The summed E-state index contributed by atoms with van der Waals surface area (Å²) in [7, 11) is -2.85. The second-order valence-electron chi connectivity index (χ2n) is 4.07. The van der Waals surface area contributed by atoms with E-state index < -0.39 is 9.84 Å². The highest BCUT2D eigenvalue weighted by Crippen LogP contribution is 2.12. The Labute approximate surface area is 90.3 Å². The van der Waals surface area contributed by atoms with Crippen LogP contribution < -0.4 is 11.1 Å². The molecule has 1 unspecified atom stereocenters. The maximum Gasteiger partial charge on any atom is 0.224 e. The summed E-state index contributed by atoms with van der Waals surface area (Å²) < 4.78 is 22.3. The van der Waals surface area contributed by atoms with Crippen molar-refractivity contribution in [1.82, 2.24) is 5.32 Å². The smallest absolute Gasteiger partial charge is 0.224 e. The standard InChI is InChI=1S/C9H18N2O3S/c1-7(6-10)9(12)11-8-2-4-15(13,14)5-3-8/h7-8H,2-6,10H2,1H3,(H,11,12). The average Bonchev–Trinajstić information content (AvgIpc) is 2.20. The van der Waals surface area contributed by atoms with Gasteiger partial charge < -0.3 is 11.1 Å². The Morgan fingerprint density at radius 3 is 2.47 bits per heavy atom. The van der Waals surface area contributed by atoms with Crippen LogP contribution in [0.2, 0.25) is 0 Å². The van der Waals surface area contributed by atoms with Gasteiger partial charge in [-0.3, -0.25) is 4.79 Å². The van der Waals surface area contributed by atoms with Crippen molar-refractivity contribution in [3.63, 3.8) is 0 Å². The van der Waals surface area contributed by atoms with E-state index in [1.807, 2.05) is 0 Å². The van der Waals surface area contributed by atoms with E-state index in [0.717, 1.165) is 0 Å². The molecule has 6 heteroatoms. The highest BCUT2D eigenvalue weighted by atomic mass is 32.2. The van der Waals surface area contributed by atoms with Gasteiger partial charge in [-0.25, -0.2) is 8.42 Å². The minimum Gasteiger partial charge on any atom is -0.353 e. The van der Waals surface area contributed by atoms with Crippen molar-refractivity contribution in [2.24, 2.45) is 11.7 Å². The largest absolute Gasteiger partial charge is 0.353 e. The molecule has 0 aromatic carbocycles. The maximum atomic E-state index is 11.5. The van der Waals surface area contributed by atoms with Crippen molar-refractivity contribution in [2.45, 2.75) is 25.8 Å². The molecule has 1 fully saturated rings. The van der Waals surface area contributed by atoms with Crippen LogP contribution in [0.15, 0.2) is 0 Å². The van der Waals surface area contributed by atoms with E-state index in [4.69, 9.17) is 5.73 Å². The molecular formula is C9H18N2O3S. The van der Waals surface area contributed by atoms with E-state index in [9.17, 15) is 13.2 Å². The second kappa shape index (κ2) is 4.94. The van der Waals surface area contributed by atoms with E-state index in [0.29, 0.717) is 19.4 Å². The number of carbonyl (C=O) groups is 1. The fourth-order valence-electron chi connectivity index (χ4n) is 1.48. The first-order valence-corrected chi connectivity index (χ1v) is 6.97. The predicted octanol–water partition coefficient (Wildman–Crippen LogP) is -0.725. The number of hydrogen-bond acceptors (Lipinski definition) is 4. The summed E-state index contributed by atoms with van der Waals surface area (Å²) in [6.45, 7) is 2.08. The highest BCUT2D eigenvalue weighted by Gasteiger charge is 2.25. The van der Waals surface area contributed by atoms with Crippen molar-refractivity contribution >= 4 is 15.7 Å². The van der Waals surface area contributed by atoms with Crippen molar-refractivity contribution in [1.29, 1.82) is 0 Å². The van der Waals surface area contributed by atoms with Crippen LogP contribution in [0.3, 0.4) is 0 Å². The first-order valence-electron chi connectivity index (χ1n) is 5.15. The van der Waals surface area contributed by atoms with Gasteiger partial charge in [0.05, 0.1) is 11.5 Å². The average molecular weight is 234 g/mol. The van der Waals surface area contributed by atoms with Crippen LogP contribution in [0.4, 0.5) is 0 Å². The molecule has 5 nitrogen and oxygen atoms in total. The first kappa shape index (κ1) is 12.4. The van der Waals surface area contributed by atoms with Crippen LogP contribution in [-0.4, -0.2) is 38.4 Å². The zero-order valence-electron chi connectivity index (χ0n) is 8.90. The Balaban J connectivity index is 2.39. The van der Waals surface area contributed by atoms with Gasteiger partial charge in [0.15, 0.2) is 0 Å². The molecule has 1 heterocycles. The van der Waals surface area contributed by atoms with Gasteiger partial charge in [0, 0.05) is 18.5 Å². The van der Waals surface area contributed by atoms with Gasteiger partial charge in [-0.1, -0.05) is 6.92 Å². The normalized spacial score (nSPS) is 23.3. The van der Waals surface area contributed by atoms with Gasteiger partial charge in [-0.2, -0.15) is 0 Å². The summed E-state index contributed by atoms with van der Waals surface area (Å²) in [4.78, 5) is 11.5. The number of sulfone groups is 1. The van der Waals surface area contributed by atoms with Crippen molar-refractivity contribution in [3.05, 3.63) is 0 Å². The molecule has 0 bridgehead atoms. The molecule has 1 amide bonds. The van der Waals surface area contributed by atoms with E-state index >= 15 is 0 Å². The molecular weight excluding hydrogens is 216 g/mol. The molecule has 1 atom stereocenters. The summed E-state index contributed by atoms with van der Waals surface area (Å²) >= 11 is 0. The molecule has 0 saturated carbocycles. The predicted molar refractivity (Wildman–Crippen MR) is 58.0 cm³/mol. The zero-order valence-corrected chi connectivity index (χ0v) is 9.72. The molecule has 1 aliphatic heterocycles. The molecule has 1 rings (SSSR count). The van der Waals surface area contributed by atoms with E-state index in [2.05, 4.69) is 5.32 Å². The molecule has 1 aliphatic rings. The van der Waals surface area contributed by atoms with Gasteiger partial charge >= 0.3 is 0 Å². The van der Waals surface area contributed by atoms with Crippen LogP contribution in [0.1, 0.15) is 19.8 Å². The van der Waals surface area contributed by atoms with Crippen LogP contribution in [0.25, 0.3) is 0 Å². The monoisotopic (exact) mass is 234 g/mol. The van der Waals surface area contributed by atoms with Crippen molar-refractivity contribution in [3.8, 4) is 0 Å².